The van der Waals surface area contributed by atoms with Gasteiger partial charge in [0.25, 0.3) is 0 Å². The van der Waals surface area contributed by atoms with Crippen molar-refractivity contribution in [3.63, 3.8) is 0 Å². The maximum absolute atomic E-state index is 9.87. The summed E-state index contributed by atoms with van der Waals surface area (Å²) in [4.78, 5) is 13.4. The molecule has 62 valence electrons. The number of carbonyl (C=O) groups excluding carboxylic acids is 1. The van der Waals surface area contributed by atoms with Crippen molar-refractivity contribution in [2.45, 2.75) is 25.8 Å². The van der Waals surface area contributed by atoms with Crippen LogP contribution in [-0.4, -0.2) is 16.3 Å². The quantitative estimate of drug-likeness (QED) is 0.516. The monoisotopic (exact) mass is 163 g/mol. The summed E-state index contributed by atoms with van der Waals surface area (Å²) >= 11 is 0. The highest BCUT2D eigenvalue weighted by molar-refractivity contribution is 5.35. The van der Waals surface area contributed by atoms with Gasteiger partial charge in [0.2, 0.25) is 6.08 Å². The molecule has 0 bridgehead atoms. The van der Waals surface area contributed by atoms with Gasteiger partial charge in [0.1, 0.15) is 0 Å². The van der Waals surface area contributed by atoms with Gasteiger partial charge in [-0.15, -0.1) is 0 Å². The molecule has 4 nitrogen and oxygen atoms in total. The van der Waals surface area contributed by atoms with Gasteiger partial charge >= 0.3 is 0 Å². The minimum Gasteiger partial charge on any atom is -0.282 e. The van der Waals surface area contributed by atoms with Gasteiger partial charge in [-0.3, -0.25) is 5.10 Å². The van der Waals surface area contributed by atoms with E-state index in [1.54, 1.807) is 0 Å². The summed E-state index contributed by atoms with van der Waals surface area (Å²) in [5, 5.41) is 7.03. The van der Waals surface area contributed by atoms with Gasteiger partial charge in [0, 0.05) is 5.69 Å². The van der Waals surface area contributed by atoms with Gasteiger partial charge in [-0.25, -0.2) is 4.79 Å². The maximum atomic E-state index is 9.87. The number of fused-ring (bicyclic) bond motifs is 1. The summed E-state index contributed by atoms with van der Waals surface area (Å²) in [5.41, 5.74) is 3.38. The lowest BCUT2D eigenvalue weighted by molar-refractivity contribution is 0.562. The third-order valence-corrected chi connectivity index (χ3v) is 2.19. The molecule has 12 heavy (non-hydrogen) atoms. The van der Waals surface area contributed by atoms with E-state index in [2.05, 4.69) is 15.2 Å². The van der Waals surface area contributed by atoms with Gasteiger partial charge in [-0.2, -0.15) is 10.1 Å². The summed E-state index contributed by atoms with van der Waals surface area (Å²) in [6, 6.07) is 0. The standard InChI is InChI=1S/C8H9N3O/c12-5-9-4-8-6-2-1-3-7(6)10-11-8/h1-4H2,(H,10,11). The Morgan fingerprint density at radius 1 is 1.58 bits per heavy atom. The summed E-state index contributed by atoms with van der Waals surface area (Å²) in [5.74, 6) is 0. The van der Waals surface area contributed by atoms with Gasteiger partial charge in [-0.05, 0) is 24.8 Å². The molecular formula is C8H9N3O. The Labute approximate surface area is 69.7 Å². The first-order chi connectivity index (χ1) is 5.92. The van der Waals surface area contributed by atoms with E-state index in [4.69, 9.17) is 0 Å². The van der Waals surface area contributed by atoms with Gasteiger partial charge in [0.15, 0.2) is 0 Å². The average molecular weight is 163 g/mol. The Morgan fingerprint density at radius 3 is 3.33 bits per heavy atom. The van der Waals surface area contributed by atoms with Crippen LogP contribution in [-0.2, 0) is 24.2 Å². The van der Waals surface area contributed by atoms with E-state index in [-0.39, 0.29) is 0 Å². The van der Waals surface area contributed by atoms with Gasteiger partial charge in [0.05, 0.1) is 12.2 Å². The molecule has 2 rings (SSSR count). The fourth-order valence-electron chi connectivity index (χ4n) is 1.63. The van der Waals surface area contributed by atoms with Crippen molar-refractivity contribution < 1.29 is 4.79 Å². The Kier molecular flexibility index (Phi) is 1.76. The zero-order valence-corrected chi connectivity index (χ0v) is 6.63. The molecule has 1 aliphatic carbocycles. The van der Waals surface area contributed by atoms with Crippen molar-refractivity contribution in [3.8, 4) is 0 Å². The molecular weight excluding hydrogens is 154 g/mol. The zero-order chi connectivity index (χ0) is 8.39. The molecule has 0 amide bonds. The highest BCUT2D eigenvalue weighted by atomic mass is 16.1. The molecule has 1 aliphatic rings. The molecule has 0 atom stereocenters. The van der Waals surface area contributed by atoms with Crippen molar-refractivity contribution >= 4 is 6.08 Å². The Bertz CT molecular complexity index is 336. The topological polar surface area (TPSA) is 58.1 Å². The number of isocyanates is 1. The van der Waals surface area contributed by atoms with Crippen molar-refractivity contribution in [3.05, 3.63) is 17.0 Å². The van der Waals surface area contributed by atoms with Crippen LogP contribution >= 0.6 is 0 Å². The number of hydrogen-bond donors (Lipinski definition) is 1. The number of rotatable bonds is 2. The molecule has 0 saturated carbocycles. The van der Waals surface area contributed by atoms with Gasteiger partial charge < -0.3 is 0 Å². The minimum absolute atomic E-state index is 0.370. The van der Waals surface area contributed by atoms with Crippen molar-refractivity contribution in [2.24, 2.45) is 4.99 Å². The summed E-state index contributed by atoms with van der Waals surface area (Å²) < 4.78 is 0. The Hall–Kier alpha value is -1.41. The fourth-order valence-corrected chi connectivity index (χ4v) is 1.63. The third-order valence-electron chi connectivity index (χ3n) is 2.19. The van der Waals surface area contributed by atoms with E-state index < -0.39 is 0 Å². The lowest BCUT2D eigenvalue weighted by Gasteiger charge is -1.90. The van der Waals surface area contributed by atoms with E-state index in [9.17, 15) is 4.79 Å². The highest BCUT2D eigenvalue weighted by Crippen LogP contribution is 2.22. The number of aromatic amines is 1. The van der Waals surface area contributed by atoms with Crippen molar-refractivity contribution in [1.29, 1.82) is 0 Å². The second-order valence-electron chi connectivity index (χ2n) is 2.89. The summed E-state index contributed by atoms with van der Waals surface area (Å²) in [7, 11) is 0. The predicted molar refractivity (Wildman–Crippen MR) is 42.4 cm³/mol. The Balaban J connectivity index is 2.27. The molecule has 0 spiro atoms. The van der Waals surface area contributed by atoms with Crippen LogP contribution in [0.15, 0.2) is 4.99 Å². The van der Waals surface area contributed by atoms with E-state index >= 15 is 0 Å². The van der Waals surface area contributed by atoms with Crippen LogP contribution in [0.4, 0.5) is 0 Å². The molecule has 0 fully saturated rings. The van der Waals surface area contributed by atoms with E-state index in [0.29, 0.717) is 6.54 Å². The van der Waals surface area contributed by atoms with E-state index in [0.717, 1.165) is 18.5 Å². The normalized spacial score (nSPS) is 14.0. The number of aromatic nitrogens is 2. The first-order valence-electron chi connectivity index (χ1n) is 4.00. The van der Waals surface area contributed by atoms with E-state index in [1.165, 1.54) is 23.8 Å². The lowest BCUT2D eigenvalue weighted by Crippen LogP contribution is -1.87. The SMILES string of the molecule is O=C=NCc1n[nH]c2c1CCC2. The van der Waals surface area contributed by atoms with Crippen LogP contribution in [0.2, 0.25) is 0 Å². The molecule has 0 radical (unpaired) electrons. The number of nitrogens with zero attached hydrogens (tertiary/aromatic N) is 2. The van der Waals surface area contributed by atoms with Crippen LogP contribution in [0.1, 0.15) is 23.4 Å². The molecule has 0 saturated heterocycles. The number of aryl methyl sites for hydroxylation is 1. The van der Waals surface area contributed by atoms with Crippen LogP contribution in [0.25, 0.3) is 0 Å². The second-order valence-corrected chi connectivity index (χ2v) is 2.89. The molecule has 1 aromatic rings. The van der Waals surface area contributed by atoms with Crippen LogP contribution in [0.3, 0.4) is 0 Å². The van der Waals surface area contributed by atoms with Gasteiger partial charge in [-0.1, -0.05) is 0 Å². The molecule has 1 heterocycles. The smallest absolute Gasteiger partial charge is 0.235 e. The first-order valence-corrected chi connectivity index (χ1v) is 4.00. The first kappa shape index (κ1) is 7.25. The molecule has 0 unspecified atom stereocenters. The number of nitrogens with one attached hydrogen (secondary N) is 1. The second kappa shape index (κ2) is 2.91. The van der Waals surface area contributed by atoms with Crippen LogP contribution in [0, 0.1) is 0 Å². The summed E-state index contributed by atoms with van der Waals surface area (Å²) in [6.07, 6.45) is 4.84. The molecule has 0 aliphatic heterocycles. The van der Waals surface area contributed by atoms with E-state index in [1.807, 2.05) is 0 Å². The largest absolute Gasteiger partial charge is 0.282 e. The lowest BCUT2D eigenvalue weighted by atomic mass is 10.2. The molecule has 4 heteroatoms. The predicted octanol–water partition coefficient (Wildman–Crippen LogP) is 0.734. The number of hydrogen-bond acceptors (Lipinski definition) is 3. The third kappa shape index (κ3) is 1.06. The molecule has 1 N–H and O–H groups in total. The van der Waals surface area contributed by atoms with Crippen molar-refractivity contribution in [2.75, 3.05) is 0 Å². The summed E-state index contributed by atoms with van der Waals surface area (Å²) in [6.45, 7) is 0.370. The zero-order valence-electron chi connectivity index (χ0n) is 6.63. The number of aliphatic imine (C=N–C) groups is 1. The average Bonchev–Trinajstić information content (AvgIpc) is 2.62. The van der Waals surface area contributed by atoms with Crippen molar-refractivity contribution in [1.82, 2.24) is 10.2 Å². The maximum Gasteiger partial charge on any atom is 0.235 e. The molecule has 1 aromatic heterocycles. The van der Waals surface area contributed by atoms with Crippen LogP contribution < -0.4 is 0 Å². The number of H-pyrrole nitrogens is 1. The fraction of sp³-hybridized carbons (Fsp3) is 0.500. The molecule has 0 aromatic carbocycles. The highest BCUT2D eigenvalue weighted by Gasteiger charge is 2.17. The Morgan fingerprint density at radius 2 is 2.50 bits per heavy atom. The minimum atomic E-state index is 0.370. The van der Waals surface area contributed by atoms with Crippen LogP contribution in [0.5, 0.6) is 0 Å².